The summed E-state index contributed by atoms with van der Waals surface area (Å²) >= 11 is 6.71. The average Bonchev–Trinajstić information content (AvgIpc) is 3.19. The van der Waals surface area contributed by atoms with Crippen LogP contribution in [0, 0.1) is 16.0 Å². The molecule has 8 heteroatoms. The van der Waals surface area contributed by atoms with Crippen molar-refractivity contribution in [2.45, 2.75) is 38.6 Å². The number of methoxy groups -OCH3 is 1. The van der Waals surface area contributed by atoms with E-state index < -0.39 is 10.9 Å². The number of hydrogen-bond acceptors (Lipinski definition) is 4. The van der Waals surface area contributed by atoms with E-state index in [1.165, 1.54) is 31.4 Å². The highest BCUT2D eigenvalue weighted by Crippen LogP contribution is 2.46. The first-order chi connectivity index (χ1) is 16.9. The zero-order valence-electron chi connectivity index (χ0n) is 19.3. The van der Waals surface area contributed by atoms with E-state index in [1.807, 2.05) is 18.2 Å². The molecule has 0 atom stereocenters. The highest BCUT2D eigenvalue weighted by atomic mass is 35.5. The Hall–Kier alpha value is -3.58. The zero-order chi connectivity index (χ0) is 24.7. The van der Waals surface area contributed by atoms with Gasteiger partial charge in [-0.05, 0) is 48.6 Å². The van der Waals surface area contributed by atoms with Gasteiger partial charge in [0.15, 0.2) is 5.75 Å². The van der Waals surface area contributed by atoms with Gasteiger partial charge in [-0.15, -0.1) is 0 Å². The van der Waals surface area contributed by atoms with Crippen molar-refractivity contribution in [1.82, 2.24) is 4.57 Å². The third-order valence-electron chi connectivity index (χ3n) is 7.04. The largest absolute Gasteiger partial charge is 0.494 e. The summed E-state index contributed by atoms with van der Waals surface area (Å²) in [6.07, 6.45) is 5.83. The Labute approximate surface area is 207 Å². The minimum absolute atomic E-state index is 0.0366. The fraction of sp³-hybridized carbons (Fsp3) is 0.296. The van der Waals surface area contributed by atoms with E-state index in [4.69, 9.17) is 16.3 Å². The third-order valence-corrected chi connectivity index (χ3v) is 7.34. The lowest BCUT2D eigenvalue weighted by Crippen LogP contribution is -2.14. The molecule has 0 radical (unpaired) electrons. The molecule has 35 heavy (non-hydrogen) atoms. The van der Waals surface area contributed by atoms with Crippen LogP contribution < -0.4 is 4.74 Å². The monoisotopic (exact) mass is 492 g/mol. The number of aromatic nitrogens is 1. The van der Waals surface area contributed by atoms with Gasteiger partial charge in [-0.3, -0.25) is 10.1 Å². The Morgan fingerprint density at radius 3 is 2.49 bits per heavy atom. The van der Waals surface area contributed by atoms with Crippen molar-refractivity contribution in [3.05, 3.63) is 69.2 Å². The molecule has 0 spiro atoms. The molecule has 3 aromatic carbocycles. The number of non-ortho nitro benzene ring substituents is 1. The topological polar surface area (TPSA) is 94.6 Å². The van der Waals surface area contributed by atoms with E-state index in [1.54, 1.807) is 25.3 Å². The lowest BCUT2D eigenvalue weighted by atomic mass is 9.89. The van der Waals surface area contributed by atoms with E-state index in [0.717, 1.165) is 23.7 Å². The van der Waals surface area contributed by atoms with Gasteiger partial charge >= 0.3 is 5.97 Å². The number of aromatic carboxylic acids is 1. The number of rotatable bonds is 6. The van der Waals surface area contributed by atoms with Crippen LogP contribution in [0.4, 0.5) is 5.69 Å². The molecule has 0 unspecified atom stereocenters. The second-order valence-corrected chi connectivity index (χ2v) is 9.50. The van der Waals surface area contributed by atoms with Gasteiger partial charge in [0, 0.05) is 35.0 Å². The molecular weight excluding hydrogens is 468 g/mol. The van der Waals surface area contributed by atoms with Crippen molar-refractivity contribution in [2.75, 3.05) is 7.11 Å². The van der Waals surface area contributed by atoms with Crippen molar-refractivity contribution in [1.29, 1.82) is 0 Å². The molecule has 0 saturated heterocycles. The predicted molar refractivity (Wildman–Crippen MR) is 137 cm³/mol. The maximum Gasteiger partial charge on any atom is 0.336 e. The van der Waals surface area contributed by atoms with Crippen LogP contribution in [0.15, 0.2) is 48.5 Å². The van der Waals surface area contributed by atoms with E-state index in [2.05, 4.69) is 4.57 Å². The lowest BCUT2D eigenvalue weighted by molar-refractivity contribution is -0.384. The van der Waals surface area contributed by atoms with Gasteiger partial charge in [-0.2, -0.15) is 0 Å². The number of halogens is 1. The standard InChI is InChI=1S/C27H25ClN2O5/c1-35-26-20(17-10-12-18(13-11-17)30(33)34)14-21(27(31)32)23-19-8-5-9-22(28)24(19)29(25(23)26)15-16-6-3-2-4-7-16/h5,8-14,16H,2-4,6-7,15H2,1H3,(H,31,32). The molecule has 180 valence electrons. The van der Waals surface area contributed by atoms with Gasteiger partial charge in [0.1, 0.15) is 0 Å². The van der Waals surface area contributed by atoms with Crippen molar-refractivity contribution < 1.29 is 19.6 Å². The van der Waals surface area contributed by atoms with Crippen molar-refractivity contribution >= 4 is 45.1 Å². The number of nitro groups is 1. The molecular formula is C27H25ClN2O5. The quantitative estimate of drug-likeness (QED) is 0.225. The van der Waals surface area contributed by atoms with Crippen LogP contribution in [0.3, 0.4) is 0 Å². The Morgan fingerprint density at radius 1 is 1.14 bits per heavy atom. The molecule has 1 aliphatic carbocycles. The smallest absolute Gasteiger partial charge is 0.336 e. The van der Waals surface area contributed by atoms with Gasteiger partial charge in [0.25, 0.3) is 5.69 Å². The van der Waals surface area contributed by atoms with Crippen molar-refractivity contribution in [3.63, 3.8) is 0 Å². The number of carboxylic acids is 1. The number of nitrogens with zero attached hydrogens (tertiary/aromatic N) is 2. The fourth-order valence-electron chi connectivity index (χ4n) is 5.45. The number of carbonyl (C=O) groups is 1. The summed E-state index contributed by atoms with van der Waals surface area (Å²) < 4.78 is 8.06. The molecule has 7 nitrogen and oxygen atoms in total. The first-order valence-corrected chi connectivity index (χ1v) is 12.1. The molecule has 4 aromatic rings. The van der Waals surface area contributed by atoms with Gasteiger partial charge < -0.3 is 14.4 Å². The van der Waals surface area contributed by atoms with Crippen LogP contribution >= 0.6 is 11.6 Å². The van der Waals surface area contributed by atoms with Crippen LogP contribution in [0.25, 0.3) is 32.9 Å². The highest BCUT2D eigenvalue weighted by Gasteiger charge is 2.27. The summed E-state index contributed by atoms with van der Waals surface area (Å²) in [6.45, 7) is 0.711. The molecule has 1 aliphatic rings. The molecule has 0 amide bonds. The minimum Gasteiger partial charge on any atom is -0.494 e. The summed E-state index contributed by atoms with van der Waals surface area (Å²) in [5.74, 6) is -0.0701. The Bertz CT molecular complexity index is 1450. The van der Waals surface area contributed by atoms with Gasteiger partial charge in [0.05, 0.1) is 33.7 Å². The number of fused-ring (bicyclic) bond motifs is 3. The maximum absolute atomic E-state index is 12.5. The fourth-order valence-corrected chi connectivity index (χ4v) is 5.72. The predicted octanol–water partition coefficient (Wildman–Crippen LogP) is 7.31. The Balaban J connectivity index is 1.86. The molecule has 1 aromatic heterocycles. The Morgan fingerprint density at radius 2 is 1.86 bits per heavy atom. The van der Waals surface area contributed by atoms with Gasteiger partial charge in [0.2, 0.25) is 0 Å². The minimum atomic E-state index is -1.06. The normalized spacial score (nSPS) is 14.5. The molecule has 1 N–H and O–H groups in total. The number of hydrogen-bond donors (Lipinski definition) is 1. The van der Waals surface area contributed by atoms with Crippen LogP contribution in [0.5, 0.6) is 5.75 Å². The van der Waals surface area contributed by atoms with Crippen LogP contribution in [0.2, 0.25) is 5.02 Å². The van der Waals surface area contributed by atoms with Crippen LogP contribution in [-0.4, -0.2) is 27.7 Å². The van der Waals surface area contributed by atoms with Crippen molar-refractivity contribution in [2.24, 2.45) is 5.92 Å². The summed E-state index contributed by atoms with van der Waals surface area (Å²) in [7, 11) is 1.56. The number of benzene rings is 3. The van der Waals surface area contributed by atoms with E-state index in [0.29, 0.717) is 45.3 Å². The van der Waals surface area contributed by atoms with E-state index in [9.17, 15) is 20.0 Å². The van der Waals surface area contributed by atoms with E-state index >= 15 is 0 Å². The number of nitro benzene ring substituents is 1. The second kappa shape index (κ2) is 9.23. The number of para-hydroxylation sites is 1. The summed E-state index contributed by atoms with van der Waals surface area (Å²) in [5.41, 5.74) is 2.80. The first kappa shape index (κ1) is 23.2. The lowest BCUT2D eigenvalue weighted by Gasteiger charge is -2.24. The number of ether oxygens (including phenoxy) is 1. The molecule has 1 heterocycles. The highest BCUT2D eigenvalue weighted by molar-refractivity contribution is 6.37. The average molecular weight is 493 g/mol. The summed E-state index contributed by atoms with van der Waals surface area (Å²) in [5, 5.41) is 23.3. The molecule has 1 saturated carbocycles. The van der Waals surface area contributed by atoms with E-state index in [-0.39, 0.29) is 11.3 Å². The Kier molecular flexibility index (Phi) is 6.11. The summed E-state index contributed by atoms with van der Waals surface area (Å²) in [6, 6.07) is 13.2. The van der Waals surface area contributed by atoms with Crippen molar-refractivity contribution in [3.8, 4) is 16.9 Å². The van der Waals surface area contributed by atoms with Gasteiger partial charge in [-0.1, -0.05) is 43.0 Å². The first-order valence-electron chi connectivity index (χ1n) is 11.7. The van der Waals surface area contributed by atoms with Crippen LogP contribution in [-0.2, 0) is 6.54 Å². The molecule has 0 aliphatic heterocycles. The van der Waals surface area contributed by atoms with Crippen LogP contribution in [0.1, 0.15) is 42.5 Å². The SMILES string of the molecule is COc1c(-c2ccc([N+](=O)[O-])cc2)cc(C(=O)O)c2c3cccc(Cl)c3n(CC3CCCCC3)c12. The molecule has 5 rings (SSSR count). The zero-order valence-corrected chi connectivity index (χ0v) is 20.0. The number of carboxylic acid groups (broad SMARTS) is 1. The molecule has 0 bridgehead atoms. The van der Waals surface area contributed by atoms with Gasteiger partial charge in [-0.25, -0.2) is 4.79 Å². The summed E-state index contributed by atoms with van der Waals surface area (Å²) in [4.78, 5) is 23.2. The maximum atomic E-state index is 12.5. The second-order valence-electron chi connectivity index (χ2n) is 9.09. The molecule has 1 fully saturated rings. The third kappa shape index (κ3) is 4.00.